The third kappa shape index (κ3) is 7.67. The van der Waals surface area contributed by atoms with E-state index in [9.17, 15) is 5.11 Å². The minimum atomic E-state index is -0.0879. The molecule has 3 atom stereocenters. The lowest BCUT2D eigenvalue weighted by Gasteiger charge is -2.38. The summed E-state index contributed by atoms with van der Waals surface area (Å²) in [6.45, 7) is 15.9. The van der Waals surface area contributed by atoms with Crippen molar-refractivity contribution < 1.29 is 9.84 Å². The summed E-state index contributed by atoms with van der Waals surface area (Å²) >= 11 is 3.56. The van der Waals surface area contributed by atoms with Crippen molar-refractivity contribution in [2.45, 2.75) is 130 Å². The summed E-state index contributed by atoms with van der Waals surface area (Å²) in [6.07, 6.45) is 14.0. The number of phenolic OH excluding ortho intramolecular Hbond substituents is 1. The summed E-state index contributed by atoms with van der Waals surface area (Å²) < 4.78 is 6.65. The molecule has 32 heavy (non-hydrogen) atoms. The van der Waals surface area contributed by atoms with Gasteiger partial charge in [-0.3, -0.25) is 0 Å². The highest BCUT2D eigenvalue weighted by molar-refractivity contribution is 9.08. The summed E-state index contributed by atoms with van der Waals surface area (Å²) in [4.78, 5) is 0. The van der Waals surface area contributed by atoms with E-state index in [2.05, 4.69) is 57.5 Å². The Hall–Kier alpha value is -0.700. The molecule has 2 rings (SSSR count). The maximum Gasteiger partial charge on any atom is 0.127 e. The van der Waals surface area contributed by atoms with Gasteiger partial charge in [-0.05, 0) is 75.3 Å². The standard InChI is InChI=1S/C29H49BrO2/c1-20(2)11-8-12-21(3)13-9-14-22(4)15-10-17-29(7)18-16-25-26(19-30)27(31)23(5)24(6)28(25)32-29/h20-22,31H,8-19H2,1-7H3/t21-,22-,29?/m1/s1. The minimum Gasteiger partial charge on any atom is -0.507 e. The number of alkyl halides is 1. The van der Waals surface area contributed by atoms with Crippen LogP contribution in [0.2, 0.25) is 0 Å². The molecule has 1 unspecified atom stereocenters. The van der Waals surface area contributed by atoms with Crippen molar-refractivity contribution >= 4 is 15.9 Å². The number of benzene rings is 1. The van der Waals surface area contributed by atoms with Gasteiger partial charge in [0.05, 0.1) is 0 Å². The molecular formula is C29H49BrO2. The molecule has 1 aliphatic heterocycles. The Bertz CT molecular complexity index is 727. The van der Waals surface area contributed by atoms with Gasteiger partial charge in [-0.1, -0.05) is 88.6 Å². The number of hydrogen-bond donors (Lipinski definition) is 1. The summed E-state index contributed by atoms with van der Waals surface area (Å²) in [6, 6.07) is 0. The number of phenols is 1. The van der Waals surface area contributed by atoms with Crippen LogP contribution in [-0.2, 0) is 11.8 Å². The Labute approximate surface area is 207 Å². The van der Waals surface area contributed by atoms with Crippen LogP contribution in [0.4, 0.5) is 0 Å². The van der Waals surface area contributed by atoms with E-state index < -0.39 is 0 Å². The SMILES string of the molecule is Cc1c(C)c2c(c(CBr)c1O)CCC(C)(CCC[C@H](C)CCC[C@H](C)CCCC(C)C)O2. The second kappa shape index (κ2) is 12.7. The van der Waals surface area contributed by atoms with Gasteiger partial charge in [0.1, 0.15) is 17.1 Å². The highest BCUT2D eigenvalue weighted by Gasteiger charge is 2.34. The number of hydrogen-bond acceptors (Lipinski definition) is 2. The van der Waals surface area contributed by atoms with Crippen molar-refractivity contribution in [1.82, 2.24) is 0 Å². The van der Waals surface area contributed by atoms with Crippen molar-refractivity contribution in [3.8, 4) is 11.5 Å². The zero-order valence-corrected chi connectivity index (χ0v) is 23.5. The predicted octanol–water partition coefficient (Wildman–Crippen LogP) is 9.43. The third-order valence-corrected chi connectivity index (χ3v) is 8.40. The van der Waals surface area contributed by atoms with Crippen LogP contribution in [0.5, 0.6) is 11.5 Å². The van der Waals surface area contributed by atoms with Crippen LogP contribution >= 0.6 is 15.9 Å². The van der Waals surface area contributed by atoms with Gasteiger partial charge in [0.15, 0.2) is 0 Å². The summed E-state index contributed by atoms with van der Waals surface area (Å²) in [7, 11) is 0. The van der Waals surface area contributed by atoms with Crippen LogP contribution in [0.1, 0.15) is 121 Å². The molecule has 0 spiro atoms. The van der Waals surface area contributed by atoms with Crippen molar-refractivity contribution in [3.63, 3.8) is 0 Å². The quantitative estimate of drug-likeness (QED) is 0.268. The molecular weight excluding hydrogens is 460 g/mol. The Balaban J connectivity index is 1.77. The van der Waals surface area contributed by atoms with E-state index in [-0.39, 0.29) is 5.60 Å². The van der Waals surface area contributed by atoms with Gasteiger partial charge in [-0.25, -0.2) is 0 Å². The maximum absolute atomic E-state index is 10.6. The van der Waals surface area contributed by atoms with Crippen LogP contribution in [0.3, 0.4) is 0 Å². The van der Waals surface area contributed by atoms with E-state index >= 15 is 0 Å². The first-order valence-electron chi connectivity index (χ1n) is 13.2. The van der Waals surface area contributed by atoms with Gasteiger partial charge in [-0.2, -0.15) is 0 Å². The van der Waals surface area contributed by atoms with Gasteiger partial charge < -0.3 is 9.84 Å². The van der Waals surface area contributed by atoms with Gasteiger partial charge in [-0.15, -0.1) is 0 Å². The van der Waals surface area contributed by atoms with Gasteiger partial charge >= 0.3 is 0 Å². The van der Waals surface area contributed by atoms with Crippen LogP contribution in [0, 0.1) is 31.6 Å². The molecule has 184 valence electrons. The molecule has 2 nitrogen and oxygen atoms in total. The van der Waals surface area contributed by atoms with Crippen LogP contribution in [0.15, 0.2) is 0 Å². The molecule has 0 saturated carbocycles. The number of halogens is 1. The summed E-state index contributed by atoms with van der Waals surface area (Å²) in [5.74, 6) is 4.00. The lowest BCUT2D eigenvalue weighted by atomic mass is 9.83. The van der Waals surface area contributed by atoms with Gasteiger partial charge in [0.2, 0.25) is 0 Å². The Morgan fingerprint density at radius 3 is 2.03 bits per heavy atom. The monoisotopic (exact) mass is 508 g/mol. The van der Waals surface area contributed by atoms with Crippen molar-refractivity contribution in [2.75, 3.05) is 0 Å². The zero-order valence-electron chi connectivity index (χ0n) is 22.0. The topological polar surface area (TPSA) is 29.5 Å². The van der Waals surface area contributed by atoms with Crippen molar-refractivity contribution in [3.05, 3.63) is 22.3 Å². The molecule has 0 radical (unpaired) electrons. The van der Waals surface area contributed by atoms with E-state index in [1.807, 2.05) is 6.92 Å². The first kappa shape index (κ1) is 27.5. The van der Waals surface area contributed by atoms with E-state index in [0.717, 1.165) is 59.5 Å². The number of aromatic hydroxyl groups is 1. The molecule has 3 heteroatoms. The minimum absolute atomic E-state index is 0.0879. The second-order valence-corrected chi connectivity index (χ2v) is 12.0. The Morgan fingerprint density at radius 2 is 1.47 bits per heavy atom. The largest absolute Gasteiger partial charge is 0.507 e. The predicted molar refractivity (Wildman–Crippen MR) is 142 cm³/mol. The van der Waals surface area contributed by atoms with E-state index in [4.69, 9.17) is 4.74 Å². The molecule has 1 aliphatic rings. The average Bonchev–Trinajstić information content (AvgIpc) is 2.73. The lowest BCUT2D eigenvalue weighted by Crippen LogP contribution is -2.37. The smallest absolute Gasteiger partial charge is 0.127 e. The van der Waals surface area contributed by atoms with Gasteiger partial charge in [0, 0.05) is 16.5 Å². The summed E-state index contributed by atoms with van der Waals surface area (Å²) in [5.41, 5.74) is 4.18. The molecule has 1 N–H and O–H groups in total. The highest BCUT2D eigenvalue weighted by atomic mass is 79.9. The average molecular weight is 510 g/mol. The third-order valence-electron chi connectivity index (χ3n) is 7.84. The van der Waals surface area contributed by atoms with Crippen LogP contribution in [0.25, 0.3) is 0 Å². The molecule has 0 amide bonds. The van der Waals surface area contributed by atoms with Gasteiger partial charge in [0.25, 0.3) is 0 Å². The number of fused-ring (bicyclic) bond motifs is 1. The van der Waals surface area contributed by atoms with Crippen molar-refractivity contribution in [2.24, 2.45) is 17.8 Å². The van der Waals surface area contributed by atoms with E-state index in [1.54, 1.807) is 0 Å². The molecule has 0 aromatic heterocycles. The maximum atomic E-state index is 10.6. The van der Waals surface area contributed by atoms with E-state index in [1.165, 1.54) is 56.9 Å². The molecule has 1 aromatic rings. The number of ether oxygens (including phenoxy) is 1. The fourth-order valence-electron chi connectivity index (χ4n) is 5.29. The fraction of sp³-hybridized carbons (Fsp3) is 0.793. The lowest BCUT2D eigenvalue weighted by molar-refractivity contribution is 0.0511. The highest BCUT2D eigenvalue weighted by Crippen LogP contribution is 2.45. The summed E-state index contributed by atoms with van der Waals surface area (Å²) in [5, 5.41) is 11.2. The normalized spacial score (nSPS) is 20.2. The molecule has 0 aliphatic carbocycles. The second-order valence-electron chi connectivity index (χ2n) is 11.4. The molecule has 0 saturated heterocycles. The van der Waals surface area contributed by atoms with Crippen molar-refractivity contribution in [1.29, 1.82) is 0 Å². The molecule has 0 fully saturated rings. The Morgan fingerprint density at radius 1 is 0.906 bits per heavy atom. The van der Waals surface area contributed by atoms with Crippen LogP contribution < -0.4 is 4.74 Å². The molecule has 0 bridgehead atoms. The first-order valence-corrected chi connectivity index (χ1v) is 14.3. The first-order chi connectivity index (χ1) is 15.1. The fourth-order valence-corrected chi connectivity index (χ4v) is 5.90. The van der Waals surface area contributed by atoms with E-state index in [0.29, 0.717) is 11.1 Å². The molecule has 1 aromatic carbocycles. The van der Waals surface area contributed by atoms with Crippen LogP contribution in [-0.4, -0.2) is 10.7 Å². The zero-order chi connectivity index (χ0) is 23.9. The number of rotatable bonds is 13. The Kier molecular flexibility index (Phi) is 10.9. The molecule has 1 heterocycles.